The number of methoxy groups -OCH3 is 3. The molecule has 2 heterocycles. The van der Waals surface area contributed by atoms with E-state index in [0.717, 1.165) is 22.5 Å². The Morgan fingerprint density at radius 2 is 1.85 bits per heavy atom. The Kier molecular flexibility index (Phi) is 5.41. The first kappa shape index (κ1) is 18.2. The number of nitrogens with one attached hydrogen (secondary N) is 1. The second-order valence-electron chi connectivity index (χ2n) is 5.59. The van der Waals surface area contributed by atoms with Crippen LogP contribution in [-0.2, 0) is 13.0 Å². The van der Waals surface area contributed by atoms with Crippen LogP contribution in [0.5, 0.6) is 17.2 Å². The Labute approximate surface area is 156 Å². The van der Waals surface area contributed by atoms with E-state index in [2.05, 4.69) is 27.2 Å². The molecule has 0 saturated carbocycles. The summed E-state index contributed by atoms with van der Waals surface area (Å²) in [5, 5.41) is 5.33. The highest BCUT2D eigenvalue weighted by atomic mass is 32.1. The van der Waals surface area contributed by atoms with Crippen LogP contribution in [0.4, 0.5) is 5.82 Å². The summed E-state index contributed by atoms with van der Waals surface area (Å²) in [5.41, 5.74) is 1.72. The fraction of sp³-hybridized carbons (Fsp3) is 0.389. The van der Waals surface area contributed by atoms with Gasteiger partial charge in [0.1, 0.15) is 17.7 Å². The first-order valence-corrected chi connectivity index (χ1v) is 9.07. The van der Waals surface area contributed by atoms with E-state index in [1.165, 1.54) is 11.2 Å². The van der Waals surface area contributed by atoms with Gasteiger partial charge in [0.05, 0.1) is 44.0 Å². The first-order chi connectivity index (χ1) is 12.6. The third kappa shape index (κ3) is 3.24. The van der Waals surface area contributed by atoms with Crippen molar-refractivity contribution in [2.75, 3.05) is 26.6 Å². The lowest BCUT2D eigenvalue weighted by molar-refractivity contribution is 0.327. The van der Waals surface area contributed by atoms with Gasteiger partial charge in [0.15, 0.2) is 11.5 Å². The standard InChI is InChI=1S/C18H22N4O3S/c1-6-14-22-10(2)13(26-14)8-19-18-11-7-12(23-3)16(24-4)17(25-5)15(11)20-9-21-18/h7,9H,6,8H2,1-5H3,(H,19,20,21). The summed E-state index contributed by atoms with van der Waals surface area (Å²) in [5.74, 6) is 2.31. The molecule has 0 spiro atoms. The number of fused-ring (bicyclic) bond motifs is 1. The molecule has 0 aliphatic rings. The molecular formula is C18H22N4O3S. The molecule has 1 N–H and O–H groups in total. The third-order valence-electron chi connectivity index (χ3n) is 4.09. The minimum Gasteiger partial charge on any atom is -0.493 e. The number of nitrogens with zero attached hydrogens (tertiary/aromatic N) is 3. The van der Waals surface area contributed by atoms with Gasteiger partial charge in [-0.05, 0) is 19.4 Å². The molecule has 0 radical (unpaired) electrons. The van der Waals surface area contributed by atoms with Gasteiger partial charge in [-0.2, -0.15) is 0 Å². The van der Waals surface area contributed by atoms with Crippen LogP contribution in [0.3, 0.4) is 0 Å². The Hall–Kier alpha value is -2.61. The van der Waals surface area contributed by atoms with Crippen molar-refractivity contribution in [1.29, 1.82) is 0 Å². The van der Waals surface area contributed by atoms with Crippen molar-refractivity contribution in [1.82, 2.24) is 15.0 Å². The van der Waals surface area contributed by atoms with Gasteiger partial charge >= 0.3 is 0 Å². The predicted octanol–water partition coefficient (Wildman–Crippen LogP) is 3.60. The molecule has 3 rings (SSSR count). The van der Waals surface area contributed by atoms with Crippen LogP contribution < -0.4 is 19.5 Å². The van der Waals surface area contributed by atoms with Gasteiger partial charge in [0.2, 0.25) is 5.75 Å². The fourth-order valence-corrected chi connectivity index (χ4v) is 3.72. The van der Waals surface area contributed by atoms with E-state index in [1.807, 2.05) is 13.0 Å². The second-order valence-corrected chi connectivity index (χ2v) is 6.76. The highest BCUT2D eigenvalue weighted by molar-refractivity contribution is 7.11. The van der Waals surface area contributed by atoms with Gasteiger partial charge in [-0.3, -0.25) is 0 Å². The van der Waals surface area contributed by atoms with Crippen LogP contribution in [0.15, 0.2) is 12.4 Å². The van der Waals surface area contributed by atoms with Crippen LogP contribution in [0.1, 0.15) is 22.5 Å². The zero-order valence-electron chi connectivity index (χ0n) is 15.5. The van der Waals surface area contributed by atoms with Crippen molar-refractivity contribution in [3.05, 3.63) is 28.0 Å². The molecule has 0 aliphatic carbocycles. The topological polar surface area (TPSA) is 78.4 Å². The molecule has 0 atom stereocenters. The molecule has 0 unspecified atom stereocenters. The maximum atomic E-state index is 5.52. The van der Waals surface area contributed by atoms with Crippen molar-refractivity contribution in [2.24, 2.45) is 0 Å². The molecule has 26 heavy (non-hydrogen) atoms. The predicted molar refractivity (Wildman–Crippen MR) is 103 cm³/mol. The van der Waals surface area contributed by atoms with E-state index in [1.54, 1.807) is 32.7 Å². The van der Waals surface area contributed by atoms with Gasteiger partial charge in [-0.25, -0.2) is 15.0 Å². The summed E-state index contributed by atoms with van der Waals surface area (Å²) < 4.78 is 16.4. The summed E-state index contributed by atoms with van der Waals surface area (Å²) in [6, 6.07) is 1.86. The number of hydrogen-bond acceptors (Lipinski definition) is 8. The summed E-state index contributed by atoms with van der Waals surface area (Å²) >= 11 is 1.72. The van der Waals surface area contributed by atoms with Gasteiger partial charge in [-0.15, -0.1) is 11.3 Å². The van der Waals surface area contributed by atoms with E-state index in [9.17, 15) is 0 Å². The average Bonchev–Trinajstić information content (AvgIpc) is 3.04. The van der Waals surface area contributed by atoms with Crippen LogP contribution in [0.25, 0.3) is 10.9 Å². The zero-order valence-corrected chi connectivity index (χ0v) is 16.4. The van der Waals surface area contributed by atoms with Crippen molar-refractivity contribution in [2.45, 2.75) is 26.8 Å². The van der Waals surface area contributed by atoms with Crippen LogP contribution in [0, 0.1) is 6.92 Å². The summed E-state index contributed by atoms with van der Waals surface area (Å²) in [7, 11) is 4.75. The number of aryl methyl sites for hydroxylation is 2. The number of rotatable bonds is 7. The molecule has 0 bridgehead atoms. The number of hydrogen-bond donors (Lipinski definition) is 1. The van der Waals surface area contributed by atoms with E-state index in [-0.39, 0.29) is 0 Å². The van der Waals surface area contributed by atoms with Crippen LogP contribution in [-0.4, -0.2) is 36.3 Å². The minimum atomic E-state index is 0.512. The maximum absolute atomic E-state index is 5.52. The monoisotopic (exact) mass is 374 g/mol. The Morgan fingerprint density at radius 3 is 2.46 bits per heavy atom. The highest BCUT2D eigenvalue weighted by Gasteiger charge is 2.19. The number of thiazole rings is 1. The minimum absolute atomic E-state index is 0.512. The van der Waals surface area contributed by atoms with Crippen molar-refractivity contribution in [3.63, 3.8) is 0 Å². The molecular weight excluding hydrogens is 352 g/mol. The fourth-order valence-electron chi connectivity index (χ4n) is 2.77. The van der Waals surface area contributed by atoms with Crippen molar-refractivity contribution < 1.29 is 14.2 Å². The van der Waals surface area contributed by atoms with E-state index >= 15 is 0 Å². The van der Waals surface area contributed by atoms with E-state index in [4.69, 9.17) is 14.2 Å². The van der Waals surface area contributed by atoms with Crippen LogP contribution in [0.2, 0.25) is 0 Å². The average molecular weight is 374 g/mol. The lowest BCUT2D eigenvalue weighted by atomic mass is 10.2. The van der Waals surface area contributed by atoms with Gasteiger partial charge in [0.25, 0.3) is 0 Å². The van der Waals surface area contributed by atoms with Gasteiger partial charge in [0, 0.05) is 4.88 Å². The molecule has 138 valence electrons. The highest BCUT2D eigenvalue weighted by Crippen LogP contribution is 2.43. The molecule has 3 aromatic rings. The molecule has 1 aromatic carbocycles. The number of aromatic nitrogens is 3. The smallest absolute Gasteiger partial charge is 0.205 e. The first-order valence-electron chi connectivity index (χ1n) is 8.25. The van der Waals surface area contributed by atoms with E-state index < -0.39 is 0 Å². The van der Waals surface area contributed by atoms with Crippen molar-refractivity contribution >= 4 is 28.1 Å². The maximum Gasteiger partial charge on any atom is 0.205 e. The summed E-state index contributed by atoms with van der Waals surface area (Å²) in [6.07, 6.45) is 2.45. The number of benzene rings is 1. The lowest BCUT2D eigenvalue weighted by Crippen LogP contribution is -2.04. The second kappa shape index (κ2) is 7.74. The molecule has 8 heteroatoms. The Bertz CT molecular complexity index is 926. The normalized spacial score (nSPS) is 10.8. The molecule has 2 aromatic heterocycles. The summed E-state index contributed by atoms with van der Waals surface area (Å²) in [6.45, 7) is 4.79. The number of anilines is 1. The van der Waals surface area contributed by atoms with Gasteiger partial charge < -0.3 is 19.5 Å². The molecule has 0 aliphatic heterocycles. The van der Waals surface area contributed by atoms with Gasteiger partial charge in [-0.1, -0.05) is 6.92 Å². The molecule has 0 fully saturated rings. The Morgan fingerprint density at radius 1 is 1.08 bits per heavy atom. The van der Waals surface area contributed by atoms with E-state index in [0.29, 0.717) is 35.1 Å². The third-order valence-corrected chi connectivity index (χ3v) is 5.39. The zero-order chi connectivity index (χ0) is 18.7. The molecule has 7 nitrogen and oxygen atoms in total. The quantitative estimate of drug-likeness (QED) is 0.677. The Balaban J connectivity index is 2.02. The SMILES string of the molecule is CCc1nc(C)c(CNc2ncnc3c(OC)c(OC)c(OC)cc23)s1. The van der Waals surface area contributed by atoms with Crippen LogP contribution >= 0.6 is 11.3 Å². The lowest BCUT2D eigenvalue weighted by Gasteiger charge is -2.15. The summed E-state index contributed by atoms with van der Waals surface area (Å²) in [4.78, 5) is 14.5. The molecule has 0 saturated heterocycles. The largest absolute Gasteiger partial charge is 0.493 e. The van der Waals surface area contributed by atoms with Crippen molar-refractivity contribution in [3.8, 4) is 17.2 Å². The number of ether oxygens (including phenoxy) is 3. The molecule has 0 amide bonds.